The number of hydrogen-bond donors (Lipinski definition) is 2. The first kappa shape index (κ1) is 24.3. The molecule has 0 fully saturated rings. The molecule has 11 nitrogen and oxygen atoms in total. The monoisotopic (exact) mass is 523 g/mol. The Morgan fingerprint density at radius 3 is 2.72 bits per heavy atom. The number of H-pyrrole nitrogens is 1. The van der Waals surface area contributed by atoms with Crippen LogP contribution >= 0.6 is 0 Å². The van der Waals surface area contributed by atoms with E-state index >= 15 is 0 Å². The summed E-state index contributed by atoms with van der Waals surface area (Å²) in [6.45, 7) is 2.12. The molecule has 0 unspecified atom stereocenters. The summed E-state index contributed by atoms with van der Waals surface area (Å²) in [5.74, 6) is 0.887. The van der Waals surface area contributed by atoms with Crippen LogP contribution in [0.4, 0.5) is 0 Å². The van der Waals surface area contributed by atoms with Gasteiger partial charge in [-0.2, -0.15) is 5.21 Å². The number of nitrogens with zero attached hydrogens (tertiary/aromatic N) is 6. The standard InChI is InChI=1S/C28H25N7O4/c1-2-3-8-24-29-21-11-12-34(16-25(36)37)28(38)26(21)35(24)15-17-9-10-22-18(13-17)14-23(39-22)19-6-4-5-7-20(19)27-30-32-33-31-27/h4-7,9-14H,2-3,8,15-16H2,1H3,(H,36,37)(H,30,31,32,33). The van der Waals surface area contributed by atoms with Crippen LogP contribution in [0.25, 0.3) is 44.7 Å². The van der Waals surface area contributed by atoms with Gasteiger partial charge in [0.1, 0.15) is 29.2 Å². The Morgan fingerprint density at radius 2 is 1.95 bits per heavy atom. The number of aromatic amines is 1. The summed E-state index contributed by atoms with van der Waals surface area (Å²) in [6.07, 6.45) is 4.12. The molecule has 11 heteroatoms. The van der Waals surface area contributed by atoms with E-state index in [2.05, 4.69) is 27.5 Å². The number of benzene rings is 2. The molecule has 0 bridgehead atoms. The number of carboxylic acids is 1. The second-order valence-corrected chi connectivity index (χ2v) is 9.36. The van der Waals surface area contributed by atoms with Crippen molar-refractivity contribution in [2.45, 2.75) is 39.3 Å². The number of aromatic nitrogens is 7. The molecule has 0 atom stereocenters. The molecule has 6 rings (SSSR count). The van der Waals surface area contributed by atoms with Crippen LogP contribution in [0, 0.1) is 0 Å². The number of carbonyl (C=O) groups is 1. The zero-order chi connectivity index (χ0) is 26.9. The topological polar surface area (TPSA) is 145 Å². The maximum Gasteiger partial charge on any atom is 0.323 e. The van der Waals surface area contributed by atoms with Crippen LogP contribution < -0.4 is 5.56 Å². The summed E-state index contributed by atoms with van der Waals surface area (Å²) in [5.41, 5.74) is 3.94. The lowest BCUT2D eigenvalue weighted by atomic mass is 10.0. The highest BCUT2D eigenvalue weighted by Gasteiger charge is 2.18. The van der Waals surface area contributed by atoms with Crippen molar-refractivity contribution in [3.8, 4) is 22.7 Å². The number of aryl methyl sites for hydroxylation is 1. The number of tetrazole rings is 1. The van der Waals surface area contributed by atoms with Crippen LogP contribution in [0.5, 0.6) is 0 Å². The van der Waals surface area contributed by atoms with E-state index in [1.165, 1.54) is 10.8 Å². The minimum Gasteiger partial charge on any atom is -0.480 e. The Hall–Kier alpha value is -5.06. The Morgan fingerprint density at radius 1 is 1.10 bits per heavy atom. The van der Waals surface area contributed by atoms with Gasteiger partial charge in [-0.25, -0.2) is 4.98 Å². The normalized spacial score (nSPS) is 11.5. The van der Waals surface area contributed by atoms with Crippen molar-refractivity contribution in [1.82, 2.24) is 34.7 Å². The van der Waals surface area contributed by atoms with Crippen molar-refractivity contribution in [2.75, 3.05) is 0 Å². The third-order valence-electron chi connectivity index (χ3n) is 6.71. The van der Waals surface area contributed by atoms with Crippen LogP contribution in [-0.4, -0.2) is 45.8 Å². The Bertz CT molecular complexity index is 1860. The van der Waals surface area contributed by atoms with Gasteiger partial charge in [0, 0.05) is 35.7 Å². The molecule has 4 aromatic heterocycles. The van der Waals surface area contributed by atoms with E-state index in [4.69, 9.17) is 9.40 Å². The highest BCUT2D eigenvalue weighted by molar-refractivity contribution is 5.87. The minimum atomic E-state index is -1.07. The molecular weight excluding hydrogens is 498 g/mol. The van der Waals surface area contributed by atoms with Gasteiger partial charge >= 0.3 is 5.97 Å². The molecule has 0 amide bonds. The average Bonchev–Trinajstić information content (AvgIpc) is 3.68. The van der Waals surface area contributed by atoms with Crippen molar-refractivity contribution < 1.29 is 14.3 Å². The first-order valence-electron chi connectivity index (χ1n) is 12.7. The largest absolute Gasteiger partial charge is 0.480 e. The number of imidazole rings is 1. The highest BCUT2D eigenvalue weighted by atomic mass is 16.4. The third kappa shape index (κ3) is 4.58. The Labute approximate surface area is 221 Å². The highest BCUT2D eigenvalue weighted by Crippen LogP contribution is 2.34. The molecule has 0 radical (unpaired) electrons. The van der Waals surface area contributed by atoms with Crippen LogP contribution in [0.15, 0.2) is 70.0 Å². The summed E-state index contributed by atoms with van der Waals surface area (Å²) < 4.78 is 9.31. The molecule has 0 saturated heterocycles. The first-order chi connectivity index (χ1) is 19.0. The van der Waals surface area contributed by atoms with Gasteiger partial charge in [0.15, 0.2) is 0 Å². The second kappa shape index (κ2) is 10.0. The van der Waals surface area contributed by atoms with Gasteiger partial charge in [0.2, 0.25) is 5.82 Å². The minimum absolute atomic E-state index is 0.366. The summed E-state index contributed by atoms with van der Waals surface area (Å²) in [4.78, 5) is 29.3. The van der Waals surface area contributed by atoms with Gasteiger partial charge in [-0.1, -0.05) is 43.7 Å². The number of carboxylic acid groups (broad SMARTS) is 1. The van der Waals surface area contributed by atoms with Crippen molar-refractivity contribution in [1.29, 1.82) is 0 Å². The zero-order valence-electron chi connectivity index (χ0n) is 21.2. The lowest BCUT2D eigenvalue weighted by molar-refractivity contribution is -0.137. The fourth-order valence-corrected chi connectivity index (χ4v) is 4.87. The SMILES string of the molecule is CCCCc1nc2ccn(CC(=O)O)c(=O)c2n1Cc1ccc2oc(-c3ccccc3-c3nn[nH]n3)cc2c1. The van der Waals surface area contributed by atoms with Crippen LogP contribution in [-0.2, 0) is 24.3 Å². The second-order valence-electron chi connectivity index (χ2n) is 9.36. The number of unbranched alkanes of at least 4 members (excludes halogenated alkanes) is 1. The summed E-state index contributed by atoms with van der Waals surface area (Å²) in [7, 11) is 0. The smallest absolute Gasteiger partial charge is 0.323 e. The van der Waals surface area contributed by atoms with Gasteiger partial charge in [-0.3, -0.25) is 9.59 Å². The van der Waals surface area contributed by atoms with E-state index in [1.807, 2.05) is 53.1 Å². The molecule has 0 spiro atoms. The number of nitrogens with one attached hydrogen (secondary N) is 1. The maximum absolute atomic E-state index is 13.3. The Kier molecular flexibility index (Phi) is 6.23. The first-order valence-corrected chi connectivity index (χ1v) is 12.7. The third-order valence-corrected chi connectivity index (χ3v) is 6.71. The zero-order valence-corrected chi connectivity index (χ0v) is 21.2. The van der Waals surface area contributed by atoms with Gasteiger partial charge in [-0.15, -0.1) is 10.2 Å². The fourth-order valence-electron chi connectivity index (χ4n) is 4.87. The van der Waals surface area contributed by atoms with Gasteiger partial charge in [0.25, 0.3) is 5.56 Å². The van der Waals surface area contributed by atoms with Crippen molar-refractivity contribution in [3.63, 3.8) is 0 Å². The van der Waals surface area contributed by atoms with Gasteiger partial charge in [0.05, 0.1) is 5.52 Å². The van der Waals surface area contributed by atoms with E-state index in [9.17, 15) is 14.7 Å². The molecule has 0 saturated carbocycles. The molecule has 0 aliphatic heterocycles. The molecule has 196 valence electrons. The van der Waals surface area contributed by atoms with Gasteiger partial charge < -0.3 is 18.7 Å². The van der Waals surface area contributed by atoms with E-state index in [0.717, 1.165) is 46.3 Å². The van der Waals surface area contributed by atoms with Crippen molar-refractivity contribution in [2.24, 2.45) is 0 Å². The molecule has 6 aromatic rings. The van der Waals surface area contributed by atoms with Crippen molar-refractivity contribution >= 4 is 28.0 Å². The van der Waals surface area contributed by atoms with Crippen LogP contribution in [0.3, 0.4) is 0 Å². The number of pyridine rings is 1. The molecule has 0 aliphatic rings. The molecule has 4 heterocycles. The van der Waals surface area contributed by atoms with E-state index < -0.39 is 12.5 Å². The maximum atomic E-state index is 13.3. The average molecular weight is 524 g/mol. The van der Waals surface area contributed by atoms with E-state index in [-0.39, 0.29) is 5.56 Å². The van der Waals surface area contributed by atoms with Gasteiger partial charge in [-0.05, 0) is 41.5 Å². The molecule has 0 aliphatic carbocycles. The fraction of sp³-hybridized carbons (Fsp3) is 0.214. The summed E-state index contributed by atoms with van der Waals surface area (Å²) in [6, 6.07) is 17.3. The lowest BCUT2D eigenvalue weighted by Crippen LogP contribution is -2.25. The van der Waals surface area contributed by atoms with Crippen molar-refractivity contribution in [3.05, 3.63) is 82.5 Å². The van der Waals surface area contributed by atoms with Crippen LogP contribution in [0.1, 0.15) is 31.2 Å². The van der Waals surface area contributed by atoms with Crippen LogP contribution in [0.2, 0.25) is 0 Å². The number of fused-ring (bicyclic) bond motifs is 2. The molecule has 39 heavy (non-hydrogen) atoms. The Balaban J connectivity index is 1.41. The summed E-state index contributed by atoms with van der Waals surface area (Å²) in [5, 5.41) is 24.5. The lowest BCUT2D eigenvalue weighted by Gasteiger charge is -2.10. The van der Waals surface area contributed by atoms with E-state index in [0.29, 0.717) is 35.6 Å². The quantitative estimate of drug-likeness (QED) is 0.286. The molecule has 2 N–H and O–H groups in total. The molecular formula is C28H25N7O4. The number of furan rings is 1. The summed E-state index contributed by atoms with van der Waals surface area (Å²) >= 11 is 0. The van der Waals surface area contributed by atoms with E-state index in [1.54, 1.807) is 6.07 Å². The molecule has 2 aromatic carbocycles. The predicted molar refractivity (Wildman–Crippen MR) is 144 cm³/mol. The number of rotatable bonds is 9. The number of aliphatic carboxylic acids is 1. The predicted octanol–water partition coefficient (Wildman–Crippen LogP) is 4.27. The number of hydrogen-bond acceptors (Lipinski definition) is 7.